The third-order valence-corrected chi connectivity index (χ3v) is 3.19. The fourth-order valence-electron chi connectivity index (χ4n) is 2.13. The summed E-state index contributed by atoms with van der Waals surface area (Å²) in [6.45, 7) is 0. The van der Waals surface area contributed by atoms with Gasteiger partial charge in [-0.15, -0.1) is 0 Å². The Hall–Kier alpha value is -2.73. The number of hydrogen-bond donors (Lipinski definition) is 2. The van der Waals surface area contributed by atoms with Gasteiger partial charge in [0.25, 0.3) is 5.54 Å². The van der Waals surface area contributed by atoms with E-state index in [1.165, 1.54) is 18.2 Å². The van der Waals surface area contributed by atoms with Crippen LogP contribution in [0.4, 0.5) is 18.9 Å². The number of alkyl halides is 3. The monoisotopic (exact) mass is 312 g/mol. The number of nitrogens with zero attached hydrogens (tertiary/aromatic N) is 2. The van der Waals surface area contributed by atoms with E-state index < -0.39 is 29.1 Å². The molecule has 1 aromatic carbocycles. The van der Waals surface area contributed by atoms with Crippen molar-refractivity contribution in [3.63, 3.8) is 0 Å². The number of nitrogens with two attached hydrogens (primary N) is 1. The summed E-state index contributed by atoms with van der Waals surface area (Å²) in [6, 6.07) is 9.10. The smallest absolute Gasteiger partial charge is 0.424 e. The van der Waals surface area contributed by atoms with Gasteiger partial charge < -0.3 is 10.5 Å². The minimum absolute atomic E-state index is 0.239. The number of nitrogens with one attached hydrogen (secondary N) is 1. The molecule has 0 fully saturated rings. The van der Waals surface area contributed by atoms with Gasteiger partial charge in [-0.2, -0.15) is 23.9 Å². The minimum atomic E-state index is -5.13. The van der Waals surface area contributed by atoms with Crippen molar-refractivity contribution >= 4 is 11.7 Å². The van der Waals surface area contributed by atoms with E-state index >= 15 is 0 Å². The summed E-state index contributed by atoms with van der Waals surface area (Å²) in [5.74, 6) is -2.19. The third-order valence-electron chi connectivity index (χ3n) is 3.19. The van der Waals surface area contributed by atoms with Crippen molar-refractivity contribution in [2.75, 3.05) is 12.1 Å². The first kappa shape index (κ1) is 15.7. The molecule has 9 heteroatoms. The Labute approximate surface area is 123 Å². The second kappa shape index (κ2) is 5.23. The van der Waals surface area contributed by atoms with Gasteiger partial charge in [-0.05, 0) is 12.1 Å². The summed E-state index contributed by atoms with van der Waals surface area (Å²) >= 11 is 0. The molecule has 1 heterocycles. The molecule has 0 aliphatic carbocycles. The van der Waals surface area contributed by atoms with Crippen molar-refractivity contribution in [2.45, 2.75) is 11.7 Å². The normalized spacial score (nSPS) is 21.7. The van der Waals surface area contributed by atoms with Gasteiger partial charge in [-0.3, -0.25) is 5.01 Å². The van der Waals surface area contributed by atoms with Crippen molar-refractivity contribution in [1.82, 2.24) is 5.43 Å². The number of esters is 1. The number of carbonyl (C=O) groups excluding carboxylic acids is 1. The lowest BCUT2D eigenvalue weighted by Crippen LogP contribution is -2.64. The molecule has 0 unspecified atom stereocenters. The van der Waals surface area contributed by atoms with Gasteiger partial charge >= 0.3 is 12.1 Å². The second-order valence-electron chi connectivity index (χ2n) is 4.39. The van der Waals surface area contributed by atoms with E-state index in [1.54, 1.807) is 18.2 Å². The summed E-state index contributed by atoms with van der Waals surface area (Å²) in [6.07, 6.45) is -5.13. The molecule has 0 aromatic heterocycles. The maximum Gasteiger partial charge on any atom is 0.424 e. The van der Waals surface area contributed by atoms with Crippen LogP contribution in [0, 0.1) is 11.3 Å². The number of hydrazine groups is 1. The second-order valence-corrected chi connectivity index (χ2v) is 4.39. The van der Waals surface area contributed by atoms with Gasteiger partial charge in [0.05, 0.1) is 12.8 Å². The zero-order valence-corrected chi connectivity index (χ0v) is 11.3. The van der Waals surface area contributed by atoms with E-state index in [1.807, 2.05) is 5.43 Å². The highest BCUT2D eigenvalue weighted by Crippen LogP contribution is 2.42. The number of carbonyl (C=O) groups is 1. The minimum Gasteiger partial charge on any atom is -0.467 e. The van der Waals surface area contributed by atoms with Gasteiger partial charge in [-0.1, -0.05) is 18.2 Å². The molecule has 0 saturated heterocycles. The zero-order chi connectivity index (χ0) is 16.5. The number of anilines is 1. The van der Waals surface area contributed by atoms with Crippen molar-refractivity contribution < 1.29 is 22.7 Å². The van der Waals surface area contributed by atoms with E-state index in [-0.39, 0.29) is 5.69 Å². The molecular formula is C13H11F3N4O2. The van der Waals surface area contributed by atoms with Crippen LogP contribution in [0.25, 0.3) is 0 Å². The molecule has 0 spiro atoms. The van der Waals surface area contributed by atoms with E-state index in [9.17, 15) is 18.0 Å². The van der Waals surface area contributed by atoms with E-state index in [2.05, 4.69) is 4.74 Å². The highest BCUT2D eigenvalue weighted by atomic mass is 19.4. The molecule has 22 heavy (non-hydrogen) atoms. The van der Waals surface area contributed by atoms with Crippen LogP contribution in [0.5, 0.6) is 0 Å². The molecule has 1 atom stereocenters. The van der Waals surface area contributed by atoms with Gasteiger partial charge in [0, 0.05) is 0 Å². The number of rotatable bonds is 2. The first-order chi connectivity index (χ1) is 10.3. The lowest BCUT2D eigenvalue weighted by molar-refractivity contribution is -0.200. The Balaban J connectivity index is 2.64. The van der Waals surface area contributed by atoms with Crippen LogP contribution in [0.3, 0.4) is 0 Å². The number of ether oxygens (including phenoxy) is 1. The average molecular weight is 312 g/mol. The number of hydrogen-bond acceptors (Lipinski definition) is 6. The van der Waals surface area contributed by atoms with Crippen LogP contribution in [0.2, 0.25) is 0 Å². The van der Waals surface area contributed by atoms with Gasteiger partial charge in [0.1, 0.15) is 17.5 Å². The molecule has 0 radical (unpaired) electrons. The number of benzene rings is 1. The molecule has 1 aromatic rings. The standard InChI is InChI=1S/C13H11F3N4O2/c1-22-11(21)12(13(14,15)16)9(7-17)10(18)20(19-12)8-5-3-2-4-6-8/h2-6,19H,18H2,1H3/t12-/m0/s1. The van der Waals surface area contributed by atoms with Crippen LogP contribution < -0.4 is 16.2 Å². The van der Waals surface area contributed by atoms with Crippen LogP contribution in [-0.4, -0.2) is 24.8 Å². The van der Waals surface area contributed by atoms with Crippen molar-refractivity contribution in [1.29, 1.82) is 5.26 Å². The van der Waals surface area contributed by atoms with Gasteiger partial charge in [-0.25, -0.2) is 4.79 Å². The number of methoxy groups -OCH3 is 1. The molecular weight excluding hydrogens is 301 g/mol. The molecule has 0 amide bonds. The average Bonchev–Trinajstić information content (AvgIpc) is 2.80. The maximum atomic E-state index is 13.5. The van der Waals surface area contributed by atoms with E-state index in [0.29, 0.717) is 0 Å². The Bertz CT molecular complexity index is 666. The predicted octanol–water partition coefficient (Wildman–Crippen LogP) is 1.18. The quantitative estimate of drug-likeness (QED) is 0.797. The van der Waals surface area contributed by atoms with Crippen LogP contribution in [0.1, 0.15) is 0 Å². The Morgan fingerprint density at radius 1 is 1.41 bits per heavy atom. The molecule has 0 bridgehead atoms. The molecule has 1 aliphatic rings. The predicted molar refractivity (Wildman–Crippen MR) is 69.7 cm³/mol. The van der Waals surface area contributed by atoms with Gasteiger partial charge in [0.2, 0.25) is 0 Å². The van der Waals surface area contributed by atoms with Crippen molar-refractivity contribution in [3.8, 4) is 6.07 Å². The fraction of sp³-hybridized carbons (Fsp3) is 0.231. The SMILES string of the molecule is COC(=O)[C@@]1(C(F)(F)F)NN(c2ccccc2)C(N)=C1C#N. The highest BCUT2D eigenvalue weighted by Gasteiger charge is 2.69. The van der Waals surface area contributed by atoms with Crippen LogP contribution in [0.15, 0.2) is 41.7 Å². The molecule has 2 rings (SSSR count). The summed E-state index contributed by atoms with van der Waals surface area (Å²) in [7, 11) is 0.799. The van der Waals surface area contributed by atoms with E-state index in [0.717, 1.165) is 12.1 Å². The molecule has 1 aliphatic heterocycles. The lowest BCUT2D eigenvalue weighted by atomic mass is 9.91. The largest absolute Gasteiger partial charge is 0.467 e. The molecule has 6 nitrogen and oxygen atoms in total. The van der Waals surface area contributed by atoms with Crippen LogP contribution >= 0.6 is 0 Å². The van der Waals surface area contributed by atoms with Crippen molar-refractivity contribution in [2.24, 2.45) is 5.73 Å². The first-order valence-corrected chi connectivity index (χ1v) is 5.98. The summed E-state index contributed by atoms with van der Waals surface area (Å²) in [5.41, 5.74) is 3.56. The summed E-state index contributed by atoms with van der Waals surface area (Å²) in [5, 5.41) is 9.92. The first-order valence-electron chi connectivity index (χ1n) is 5.98. The Morgan fingerprint density at radius 3 is 2.45 bits per heavy atom. The molecule has 0 saturated carbocycles. The summed E-state index contributed by atoms with van der Waals surface area (Å²) in [4.78, 5) is 11.8. The zero-order valence-electron chi connectivity index (χ0n) is 11.3. The summed E-state index contributed by atoms with van der Waals surface area (Å²) < 4.78 is 44.8. The van der Waals surface area contributed by atoms with Crippen molar-refractivity contribution in [3.05, 3.63) is 41.7 Å². The molecule has 116 valence electrons. The van der Waals surface area contributed by atoms with Crippen LogP contribution in [-0.2, 0) is 9.53 Å². The Kier molecular flexibility index (Phi) is 3.72. The highest BCUT2D eigenvalue weighted by molar-refractivity contribution is 5.90. The van der Waals surface area contributed by atoms with Gasteiger partial charge in [0.15, 0.2) is 0 Å². The number of para-hydroxylation sites is 1. The maximum absolute atomic E-state index is 13.5. The topological polar surface area (TPSA) is 91.4 Å². The molecule has 3 N–H and O–H groups in total. The number of nitriles is 1. The third kappa shape index (κ3) is 2.05. The Morgan fingerprint density at radius 2 is 2.00 bits per heavy atom. The number of halogens is 3. The fourth-order valence-corrected chi connectivity index (χ4v) is 2.13. The van der Waals surface area contributed by atoms with E-state index in [4.69, 9.17) is 11.0 Å². The lowest BCUT2D eigenvalue weighted by Gasteiger charge is -2.31.